The van der Waals surface area contributed by atoms with Gasteiger partial charge < -0.3 is 19.5 Å². The highest BCUT2D eigenvalue weighted by Crippen LogP contribution is 2.35. The fraction of sp³-hybridized carbons (Fsp3) is 0.300. The third kappa shape index (κ3) is 4.49. The SMILES string of the molecule is O=C(CCCc1nc2ccccc2s1)NCCOc1ccc2c(c1)OCO2. The molecule has 1 aliphatic rings. The predicted octanol–water partition coefficient (Wildman–Crippen LogP) is 3.54. The Morgan fingerprint density at radius 1 is 1.19 bits per heavy atom. The average molecular weight is 384 g/mol. The van der Waals surface area contributed by atoms with Gasteiger partial charge in [-0.15, -0.1) is 11.3 Å². The van der Waals surface area contributed by atoms with Crippen LogP contribution in [0.3, 0.4) is 0 Å². The minimum Gasteiger partial charge on any atom is -0.492 e. The Bertz CT molecular complexity index is 908. The van der Waals surface area contributed by atoms with Crippen molar-refractivity contribution in [3.8, 4) is 17.2 Å². The summed E-state index contributed by atoms with van der Waals surface area (Å²) < 4.78 is 17.4. The standard InChI is InChI=1S/C20H20N2O4S/c23-19(6-3-7-20-22-15-4-1-2-5-18(15)27-20)21-10-11-24-14-8-9-16-17(12-14)26-13-25-16/h1-2,4-5,8-9,12H,3,6-7,10-11,13H2,(H,21,23). The number of nitrogens with zero attached hydrogens (tertiary/aromatic N) is 1. The number of amides is 1. The lowest BCUT2D eigenvalue weighted by Crippen LogP contribution is -2.27. The number of aromatic nitrogens is 1. The Morgan fingerprint density at radius 2 is 2.07 bits per heavy atom. The van der Waals surface area contributed by atoms with Crippen LogP contribution < -0.4 is 19.5 Å². The number of aryl methyl sites for hydroxylation is 1. The van der Waals surface area contributed by atoms with Crippen molar-refractivity contribution in [3.63, 3.8) is 0 Å². The van der Waals surface area contributed by atoms with Crippen LogP contribution in [-0.4, -0.2) is 30.8 Å². The van der Waals surface area contributed by atoms with Gasteiger partial charge in [-0.25, -0.2) is 4.98 Å². The summed E-state index contributed by atoms with van der Waals surface area (Å²) in [6, 6.07) is 13.5. The topological polar surface area (TPSA) is 69.7 Å². The Balaban J connectivity index is 1.13. The van der Waals surface area contributed by atoms with Crippen LogP contribution in [0.5, 0.6) is 17.2 Å². The Kier molecular flexibility index (Phi) is 5.39. The summed E-state index contributed by atoms with van der Waals surface area (Å²) in [6.45, 7) is 1.11. The van der Waals surface area contributed by atoms with Gasteiger partial charge in [-0.05, 0) is 37.1 Å². The van der Waals surface area contributed by atoms with Gasteiger partial charge in [0.1, 0.15) is 12.4 Å². The van der Waals surface area contributed by atoms with Gasteiger partial charge in [0.05, 0.1) is 21.8 Å². The highest BCUT2D eigenvalue weighted by Gasteiger charge is 2.13. The molecule has 3 aromatic rings. The van der Waals surface area contributed by atoms with Crippen molar-refractivity contribution in [3.05, 3.63) is 47.5 Å². The number of hydrogen-bond acceptors (Lipinski definition) is 6. The zero-order valence-corrected chi connectivity index (χ0v) is 15.6. The highest BCUT2D eigenvalue weighted by atomic mass is 32.1. The maximum Gasteiger partial charge on any atom is 0.231 e. The lowest BCUT2D eigenvalue weighted by atomic mass is 10.2. The molecule has 0 atom stereocenters. The summed E-state index contributed by atoms with van der Waals surface area (Å²) in [7, 11) is 0. The van der Waals surface area contributed by atoms with Crippen LogP contribution in [0.2, 0.25) is 0 Å². The minimum atomic E-state index is 0.0328. The number of ether oxygens (including phenoxy) is 3. The fourth-order valence-electron chi connectivity index (χ4n) is 2.84. The number of fused-ring (bicyclic) bond motifs is 2. The van der Waals surface area contributed by atoms with Gasteiger partial charge >= 0.3 is 0 Å². The number of thiazole rings is 1. The van der Waals surface area contributed by atoms with E-state index in [2.05, 4.69) is 16.4 Å². The molecule has 0 unspecified atom stereocenters. The first-order valence-corrected chi connectivity index (χ1v) is 9.73. The van der Waals surface area contributed by atoms with Gasteiger partial charge in [0.2, 0.25) is 12.7 Å². The zero-order valence-electron chi connectivity index (χ0n) is 14.8. The molecule has 1 aliphatic heterocycles. The molecule has 0 aliphatic carbocycles. The van der Waals surface area contributed by atoms with Crippen molar-refractivity contribution < 1.29 is 19.0 Å². The molecule has 0 spiro atoms. The molecular weight excluding hydrogens is 364 g/mol. The van der Waals surface area contributed by atoms with E-state index < -0.39 is 0 Å². The quantitative estimate of drug-likeness (QED) is 0.602. The Morgan fingerprint density at radius 3 is 3.00 bits per heavy atom. The largest absolute Gasteiger partial charge is 0.492 e. The summed E-state index contributed by atoms with van der Waals surface area (Å²) in [5.41, 5.74) is 1.03. The maximum atomic E-state index is 11.9. The molecule has 0 saturated carbocycles. The number of carbonyl (C=O) groups is 1. The number of carbonyl (C=O) groups excluding carboxylic acids is 1. The van der Waals surface area contributed by atoms with Crippen molar-refractivity contribution in [2.24, 2.45) is 0 Å². The number of rotatable bonds is 8. The third-order valence-corrected chi connectivity index (χ3v) is 5.27. The molecule has 0 radical (unpaired) electrons. The van der Waals surface area contributed by atoms with Crippen LogP contribution in [-0.2, 0) is 11.2 Å². The lowest BCUT2D eigenvalue weighted by molar-refractivity contribution is -0.121. The van der Waals surface area contributed by atoms with E-state index in [0.717, 1.165) is 29.1 Å². The van der Waals surface area contributed by atoms with Crippen LogP contribution in [0.15, 0.2) is 42.5 Å². The number of benzene rings is 2. The molecule has 2 heterocycles. The first-order valence-electron chi connectivity index (χ1n) is 8.91. The van der Waals surface area contributed by atoms with Gasteiger partial charge in [0, 0.05) is 12.5 Å². The molecule has 1 N–H and O–H groups in total. The van der Waals surface area contributed by atoms with E-state index >= 15 is 0 Å². The molecule has 7 heteroatoms. The summed E-state index contributed by atoms with van der Waals surface area (Å²) in [6.07, 6.45) is 2.09. The molecule has 4 rings (SSSR count). The number of nitrogens with one attached hydrogen (secondary N) is 1. The molecule has 27 heavy (non-hydrogen) atoms. The molecule has 140 valence electrons. The van der Waals surface area contributed by atoms with Gasteiger partial charge in [-0.1, -0.05) is 12.1 Å². The van der Waals surface area contributed by atoms with E-state index in [1.54, 1.807) is 17.4 Å². The van der Waals surface area contributed by atoms with Crippen molar-refractivity contribution in [2.75, 3.05) is 19.9 Å². The van der Waals surface area contributed by atoms with E-state index in [1.165, 1.54) is 4.70 Å². The second-order valence-electron chi connectivity index (χ2n) is 6.14. The van der Waals surface area contributed by atoms with Gasteiger partial charge in [-0.2, -0.15) is 0 Å². The lowest BCUT2D eigenvalue weighted by Gasteiger charge is -2.08. The molecule has 0 bridgehead atoms. The van der Waals surface area contributed by atoms with Crippen LogP contribution in [0.25, 0.3) is 10.2 Å². The van der Waals surface area contributed by atoms with E-state index in [4.69, 9.17) is 14.2 Å². The molecule has 2 aromatic carbocycles. The summed E-state index contributed by atoms with van der Waals surface area (Å²) >= 11 is 1.69. The smallest absolute Gasteiger partial charge is 0.231 e. The fourth-order valence-corrected chi connectivity index (χ4v) is 3.85. The molecule has 0 fully saturated rings. The van der Waals surface area contributed by atoms with Crippen LogP contribution in [0.1, 0.15) is 17.8 Å². The summed E-state index contributed by atoms with van der Waals surface area (Å²) in [5, 5.41) is 3.96. The second kappa shape index (κ2) is 8.26. The molecule has 1 amide bonds. The second-order valence-corrected chi connectivity index (χ2v) is 7.26. The predicted molar refractivity (Wildman–Crippen MR) is 104 cm³/mol. The number of hydrogen-bond donors (Lipinski definition) is 1. The molecule has 6 nitrogen and oxygen atoms in total. The third-order valence-electron chi connectivity index (χ3n) is 4.17. The van der Waals surface area contributed by atoms with Gasteiger partial charge in [0.25, 0.3) is 0 Å². The Labute approximate surface area is 161 Å². The van der Waals surface area contributed by atoms with E-state index in [-0.39, 0.29) is 12.7 Å². The molecule has 1 aromatic heterocycles. The van der Waals surface area contributed by atoms with Crippen molar-refractivity contribution in [2.45, 2.75) is 19.3 Å². The Hall–Kier alpha value is -2.80. The van der Waals surface area contributed by atoms with Crippen LogP contribution in [0.4, 0.5) is 0 Å². The van der Waals surface area contributed by atoms with Crippen molar-refractivity contribution in [1.29, 1.82) is 0 Å². The van der Waals surface area contributed by atoms with Gasteiger partial charge in [0.15, 0.2) is 11.5 Å². The summed E-state index contributed by atoms with van der Waals surface area (Å²) in [4.78, 5) is 16.5. The van der Waals surface area contributed by atoms with Crippen molar-refractivity contribution >= 4 is 27.5 Å². The van der Waals surface area contributed by atoms with Crippen LogP contribution >= 0.6 is 11.3 Å². The van der Waals surface area contributed by atoms with E-state index in [1.807, 2.05) is 30.3 Å². The molecular formula is C20H20N2O4S. The normalized spacial score (nSPS) is 12.3. The van der Waals surface area contributed by atoms with E-state index in [9.17, 15) is 4.79 Å². The highest BCUT2D eigenvalue weighted by molar-refractivity contribution is 7.18. The first-order chi connectivity index (χ1) is 13.3. The average Bonchev–Trinajstić information content (AvgIpc) is 3.31. The monoisotopic (exact) mass is 384 g/mol. The zero-order chi connectivity index (χ0) is 18.5. The number of para-hydroxylation sites is 1. The summed E-state index contributed by atoms with van der Waals surface area (Å²) in [5.74, 6) is 2.14. The molecule has 0 saturated heterocycles. The van der Waals surface area contributed by atoms with Gasteiger partial charge in [-0.3, -0.25) is 4.79 Å². The maximum absolute atomic E-state index is 11.9. The minimum absolute atomic E-state index is 0.0328. The van der Waals surface area contributed by atoms with Crippen LogP contribution in [0, 0.1) is 0 Å². The first kappa shape index (κ1) is 17.6. The van der Waals surface area contributed by atoms with Crippen molar-refractivity contribution in [1.82, 2.24) is 10.3 Å². The van der Waals surface area contributed by atoms with E-state index in [0.29, 0.717) is 31.1 Å².